The predicted octanol–water partition coefficient (Wildman–Crippen LogP) is 7.88. The molecule has 42 heavy (non-hydrogen) atoms. The normalized spacial score (nSPS) is 23.2. The van der Waals surface area contributed by atoms with Crippen LogP contribution in [0.2, 0.25) is 0 Å². The van der Waals surface area contributed by atoms with Crippen LogP contribution in [-0.2, 0) is 37.0 Å². The van der Waals surface area contributed by atoms with Crippen molar-refractivity contribution >= 4 is 5.91 Å². The highest BCUT2D eigenvalue weighted by atomic mass is 16.7. The van der Waals surface area contributed by atoms with Crippen LogP contribution in [0.25, 0.3) is 0 Å². The Kier molecular flexibility index (Phi) is 14.9. The molecule has 2 bridgehead atoms. The zero-order chi connectivity index (χ0) is 29.2. The van der Waals surface area contributed by atoms with Crippen molar-refractivity contribution in [2.75, 3.05) is 6.61 Å². The van der Waals surface area contributed by atoms with Crippen LogP contribution in [0, 0.1) is 0 Å². The van der Waals surface area contributed by atoms with Crippen molar-refractivity contribution in [3.63, 3.8) is 0 Å². The summed E-state index contributed by atoms with van der Waals surface area (Å²) in [7, 11) is 0. The highest BCUT2D eigenvalue weighted by Gasteiger charge is 2.52. The van der Waals surface area contributed by atoms with Crippen LogP contribution < -0.4 is 5.32 Å². The van der Waals surface area contributed by atoms with Gasteiger partial charge in [0.05, 0.1) is 19.8 Å². The first-order chi connectivity index (χ1) is 20.7. The summed E-state index contributed by atoms with van der Waals surface area (Å²) in [6.45, 7) is 3.58. The molecule has 232 valence electrons. The lowest BCUT2D eigenvalue weighted by Gasteiger charge is -2.41. The number of hydrogen-bond donors (Lipinski definition) is 1. The van der Waals surface area contributed by atoms with E-state index in [2.05, 4.69) is 12.2 Å². The molecule has 0 aliphatic carbocycles. The molecule has 0 aromatic heterocycles. The minimum Gasteiger partial charge on any atom is -0.368 e. The van der Waals surface area contributed by atoms with Gasteiger partial charge >= 0.3 is 0 Å². The second-order valence-electron chi connectivity index (χ2n) is 12.0. The summed E-state index contributed by atoms with van der Waals surface area (Å²) in [5.74, 6) is 0.0238. The van der Waals surface area contributed by atoms with E-state index in [1.807, 2.05) is 60.7 Å². The standard InChI is InChI=1S/C36H53NO5/c1-2-3-4-5-6-7-8-9-10-11-12-13-20-25-32(38)37-33-35(40-27-30-23-18-15-19-24-30)34(31-28-41-36(33)42-31)39-26-29-21-16-14-17-22-29/h14-19,21-24,31,33-36H,2-13,20,25-28H2,1H3,(H,37,38)/t31-,33-,34-,35-,36+/m1/s1. The van der Waals surface area contributed by atoms with E-state index in [1.165, 1.54) is 70.6 Å². The fraction of sp³-hybridized carbons (Fsp3) is 0.639. The Morgan fingerprint density at radius 1 is 0.714 bits per heavy atom. The Morgan fingerprint density at radius 2 is 1.21 bits per heavy atom. The molecule has 2 saturated heterocycles. The van der Waals surface area contributed by atoms with Crippen molar-refractivity contribution in [1.29, 1.82) is 0 Å². The molecular weight excluding hydrogens is 526 g/mol. The first-order valence-electron chi connectivity index (χ1n) is 16.6. The van der Waals surface area contributed by atoms with Gasteiger partial charge in [-0.25, -0.2) is 0 Å². The van der Waals surface area contributed by atoms with Gasteiger partial charge < -0.3 is 24.3 Å². The van der Waals surface area contributed by atoms with Crippen molar-refractivity contribution in [3.05, 3.63) is 71.8 Å². The summed E-state index contributed by atoms with van der Waals surface area (Å²) >= 11 is 0. The SMILES string of the molecule is CCCCCCCCCCCCCCCC(=O)N[C@H]1[C@H]2OC[C@@H](O2)[C@@H](OCc2ccccc2)[C@@H]1OCc1ccccc1. The molecule has 2 fully saturated rings. The van der Waals surface area contributed by atoms with Crippen LogP contribution in [0.15, 0.2) is 60.7 Å². The van der Waals surface area contributed by atoms with Gasteiger partial charge in [-0.3, -0.25) is 4.79 Å². The molecule has 0 radical (unpaired) electrons. The number of carbonyl (C=O) groups excluding carboxylic acids is 1. The van der Waals surface area contributed by atoms with Crippen LogP contribution in [0.5, 0.6) is 0 Å². The maximum Gasteiger partial charge on any atom is 0.220 e. The lowest BCUT2D eigenvalue weighted by molar-refractivity contribution is -0.218. The molecule has 2 aromatic carbocycles. The van der Waals surface area contributed by atoms with E-state index < -0.39 is 12.3 Å². The molecular formula is C36H53NO5. The molecule has 2 heterocycles. The van der Waals surface area contributed by atoms with E-state index in [-0.39, 0.29) is 24.2 Å². The largest absolute Gasteiger partial charge is 0.368 e. The molecule has 4 rings (SSSR count). The lowest BCUT2D eigenvalue weighted by atomic mass is 9.97. The summed E-state index contributed by atoms with van der Waals surface area (Å²) in [6.07, 6.45) is 15.8. The van der Waals surface area contributed by atoms with Crippen molar-refractivity contribution in [3.8, 4) is 0 Å². The minimum absolute atomic E-state index is 0.0238. The minimum atomic E-state index is -0.525. The Morgan fingerprint density at radius 3 is 1.76 bits per heavy atom. The summed E-state index contributed by atoms with van der Waals surface area (Å²) in [5, 5.41) is 3.21. The van der Waals surface area contributed by atoms with E-state index >= 15 is 0 Å². The molecule has 6 nitrogen and oxygen atoms in total. The number of amides is 1. The number of nitrogens with one attached hydrogen (secondary N) is 1. The average Bonchev–Trinajstić information content (AvgIpc) is 3.46. The maximum atomic E-state index is 13.1. The highest BCUT2D eigenvalue weighted by Crippen LogP contribution is 2.33. The van der Waals surface area contributed by atoms with Crippen molar-refractivity contribution in [1.82, 2.24) is 5.32 Å². The van der Waals surface area contributed by atoms with E-state index in [0.29, 0.717) is 26.2 Å². The van der Waals surface area contributed by atoms with Crippen LogP contribution in [0.3, 0.4) is 0 Å². The topological polar surface area (TPSA) is 66.0 Å². The van der Waals surface area contributed by atoms with Gasteiger partial charge in [-0.1, -0.05) is 145 Å². The predicted molar refractivity (Wildman–Crippen MR) is 167 cm³/mol. The van der Waals surface area contributed by atoms with E-state index in [1.54, 1.807) is 0 Å². The molecule has 5 atom stereocenters. The third-order valence-corrected chi connectivity index (χ3v) is 8.48. The van der Waals surface area contributed by atoms with Crippen molar-refractivity contribution in [2.45, 2.75) is 141 Å². The van der Waals surface area contributed by atoms with E-state index in [0.717, 1.165) is 24.0 Å². The number of rotatable bonds is 21. The Balaban J connectivity index is 1.20. The van der Waals surface area contributed by atoms with Gasteiger partial charge in [0, 0.05) is 6.42 Å². The fourth-order valence-corrected chi connectivity index (χ4v) is 6.02. The molecule has 1 N–H and O–H groups in total. The number of ether oxygens (including phenoxy) is 4. The highest BCUT2D eigenvalue weighted by molar-refractivity contribution is 5.76. The van der Waals surface area contributed by atoms with Gasteiger partial charge in [0.2, 0.25) is 5.91 Å². The number of hydrogen-bond acceptors (Lipinski definition) is 5. The number of benzene rings is 2. The second-order valence-corrected chi connectivity index (χ2v) is 12.0. The summed E-state index contributed by atoms with van der Waals surface area (Å²) < 4.78 is 25.1. The third kappa shape index (κ3) is 11.1. The molecule has 6 heteroatoms. The fourth-order valence-electron chi connectivity index (χ4n) is 6.02. The van der Waals surface area contributed by atoms with Crippen molar-refractivity contribution < 1.29 is 23.7 Å². The summed E-state index contributed by atoms with van der Waals surface area (Å²) in [5.41, 5.74) is 2.17. The van der Waals surface area contributed by atoms with Gasteiger partial charge in [0.15, 0.2) is 6.29 Å². The Labute approximate surface area is 253 Å². The van der Waals surface area contributed by atoms with Crippen LogP contribution in [0.4, 0.5) is 0 Å². The number of fused-ring (bicyclic) bond motifs is 2. The average molecular weight is 580 g/mol. The Bertz CT molecular complexity index is 987. The molecule has 0 unspecified atom stereocenters. The smallest absolute Gasteiger partial charge is 0.220 e. The molecule has 1 amide bonds. The van der Waals surface area contributed by atoms with Crippen LogP contribution >= 0.6 is 0 Å². The Hall–Kier alpha value is -2.25. The number of unbranched alkanes of at least 4 members (excludes halogenated alkanes) is 12. The van der Waals surface area contributed by atoms with Gasteiger partial charge in [0.1, 0.15) is 24.4 Å². The molecule has 2 aromatic rings. The molecule has 2 aliphatic heterocycles. The van der Waals surface area contributed by atoms with Gasteiger partial charge in [-0.2, -0.15) is 0 Å². The first-order valence-corrected chi connectivity index (χ1v) is 16.6. The monoisotopic (exact) mass is 579 g/mol. The summed E-state index contributed by atoms with van der Waals surface area (Å²) in [4.78, 5) is 13.1. The summed E-state index contributed by atoms with van der Waals surface area (Å²) in [6, 6.07) is 19.8. The second kappa shape index (κ2) is 19.1. The van der Waals surface area contributed by atoms with Gasteiger partial charge in [-0.15, -0.1) is 0 Å². The van der Waals surface area contributed by atoms with Crippen LogP contribution in [0.1, 0.15) is 108 Å². The zero-order valence-corrected chi connectivity index (χ0v) is 25.7. The molecule has 2 aliphatic rings. The quantitative estimate of drug-likeness (QED) is 0.152. The van der Waals surface area contributed by atoms with Gasteiger partial charge in [0.25, 0.3) is 0 Å². The van der Waals surface area contributed by atoms with Crippen molar-refractivity contribution in [2.24, 2.45) is 0 Å². The molecule has 0 spiro atoms. The zero-order valence-electron chi connectivity index (χ0n) is 25.7. The number of carbonyl (C=O) groups is 1. The van der Waals surface area contributed by atoms with Gasteiger partial charge in [-0.05, 0) is 17.5 Å². The van der Waals surface area contributed by atoms with E-state index in [4.69, 9.17) is 18.9 Å². The van der Waals surface area contributed by atoms with E-state index in [9.17, 15) is 4.79 Å². The lowest BCUT2D eigenvalue weighted by Crippen LogP contribution is -2.62. The third-order valence-electron chi connectivity index (χ3n) is 8.48. The molecule has 0 saturated carbocycles. The first kappa shape index (κ1) is 32.7. The maximum absolute atomic E-state index is 13.1. The van der Waals surface area contributed by atoms with Crippen LogP contribution in [-0.4, -0.2) is 43.2 Å².